The summed E-state index contributed by atoms with van der Waals surface area (Å²) < 4.78 is 42.1. The van der Waals surface area contributed by atoms with Crippen molar-refractivity contribution >= 4 is 24.1 Å². The molecule has 0 aliphatic carbocycles. The van der Waals surface area contributed by atoms with Crippen LogP contribution in [0.5, 0.6) is 0 Å². The van der Waals surface area contributed by atoms with E-state index >= 15 is 0 Å². The Hall–Kier alpha value is -3.74. The zero-order valence-electron chi connectivity index (χ0n) is 22.1. The van der Waals surface area contributed by atoms with Crippen molar-refractivity contribution in [2.45, 2.75) is 25.3 Å². The first-order chi connectivity index (χ1) is 19.4. The molecular weight excluding hydrogens is 525 g/mol. The van der Waals surface area contributed by atoms with Gasteiger partial charge in [0.2, 0.25) is 5.95 Å². The molecule has 2 aromatic rings. The van der Waals surface area contributed by atoms with Crippen molar-refractivity contribution in [1.82, 2.24) is 29.7 Å². The van der Waals surface area contributed by atoms with Gasteiger partial charge in [0.25, 0.3) is 5.91 Å². The Morgan fingerprint density at radius 1 is 0.900 bits per heavy atom. The summed E-state index contributed by atoms with van der Waals surface area (Å²) in [5.74, 6) is -1.97. The summed E-state index contributed by atoms with van der Waals surface area (Å²) in [6, 6.07) is 2.23. The highest BCUT2D eigenvalue weighted by molar-refractivity contribution is 5.93. The fraction of sp³-hybridized carbons (Fsp3) is 0.519. The molecule has 3 saturated heterocycles. The monoisotopic (exact) mass is 556 g/mol. The number of halogens is 3. The molecule has 0 saturated carbocycles. The number of aromatic nitrogens is 2. The fourth-order valence-electron chi connectivity index (χ4n) is 5.88. The molecule has 3 amide bonds. The summed E-state index contributed by atoms with van der Waals surface area (Å²) in [4.78, 5) is 42.0. The van der Waals surface area contributed by atoms with Crippen LogP contribution in [0.1, 0.15) is 41.4 Å². The van der Waals surface area contributed by atoms with E-state index in [1.165, 1.54) is 30.0 Å². The van der Waals surface area contributed by atoms with E-state index in [1.54, 1.807) is 20.9 Å². The van der Waals surface area contributed by atoms with Crippen molar-refractivity contribution in [3.63, 3.8) is 0 Å². The Labute approximate surface area is 230 Å². The second-order valence-electron chi connectivity index (χ2n) is 10.8. The minimum atomic E-state index is -0.753. The number of carbonyl (C=O) groups excluding carboxylic acids is 2. The summed E-state index contributed by atoms with van der Waals surface area (Å²) in [7, 11) is 0. The number of hydrogen-bond donors (Lipinski definition) is 0. The van der Waals surface area contributed by atoms with E-state index in [2.05, 4.69) is 20.0 Å². The molecule has 1 aromatic heterocycles. The Bertz CT molecular complexity index is 1290. The van der Waals surface area contributed by atoms with Gasteiger partial charge in [-0.25, -0.2) is 32.9 Å². The van der Waals surface area contributed by atoms with Gasteiger partial charge >= 0.3 is 6.03 Å². The smallest absolute Gasteiger partial charge is 0.337 e. The van der Waals surface area contributed by atoms with Gasteiger partial charge in [0.1, 0.15) is 11.6 Å². The number of urea groups is 1. The predicted molar refractivity (Wildman–Crippen MR) is 140 cm³/mol. The summed E-state index contributed by atoms with van der Waals surface area (Å²) in [5.41, 5.74) is 0.100. The largest absolute Gasteiger partial charge is 0.341 e. The molecule has 13 heteroatoms. The van der Waals surface area contributed by atoms with E-state index in [1.807, 2.05) is 0 Å². The van der Waals surface area contributed by atoms with E-state index in [0.717, 1.165) is 31.9 Å². The number of anilines is 1. The SMILES string of the molecule is O=C(c1nc(N2CCN(C(=O)N3N=CC[C@H]3c3cc(F)cc(F)c3)CC2)ncc1F)N1CC(CN2CCCC2)C1. The van der Waals surface area contributed by atoms with Gasteiger partial charge in [-0.05, 0) is 43.6 Å². The topological polar surface area (TPSA) is 88.5 Å². The quantitative estimate of drug-likeness (QED) is 0.563. The third kappa shape index (κ3) is 5.34. The van der Waals surface area contributed by atoms with Crippen LogP contribution in [0.2, 0.25) is 0 Å². The average molecular weight is 557 g/mol. The first-order valence-electron chi connectivity index (χ1n) is 13.7. The van der Waals surface area contributed by atoms with Gasteiger partial charge in [0, 0.05) is 70.4 Å². The van der Waals surface area contributed by atoms with Crippen molar-refractivity contribution in [3.8, 4) is 0 Å². The van der Waals surface area contributed by atoms with Gasteiger partial charge in [-0.15, -0.1) is 0 Å². The highest BCUT2D eigenvalue weighted by Crippen LogP contribution is 2.31. The molecule has 1 atom stereocenters. The molecule has 0 spiro atoms. The van der Waals surface area contributed by atoms with Gasteiger partial charge in [0.15, 0.2) is 11.5 Å². The predicted octanol–water partition coefficient (Wildman–Crippen LogP) is 2.74. The van der Waals surface area contributed by atoms with Crippen molar-refractivity contribution in [2.75, 3.05) is 63.8 Å². The minimum absolute atomic E-state index is 0.235. The van der Waals surface area contributed by atoms with Gasteiger partial charge < -0.3 is 19.6 Å². The van der Waals surface area contributed by atoms with Crippen LogP contribution in [0.4, 0.5) is 23.9 Å². The summed E-state index contributed by atoms with van der Waals surface area (Å²) in [5, 5.41) is 5.41. The number of rotatable bonds is 5. The minimum Gasteiger partial charge on any atom is -0.337 e. The highest BCUT2D eigenvalue weighted by Gasteiger charge is 2.36. The third-order valence-electron chi connectivity index (χ3n) is 8.02. The lowest BCUT2D eigenvalue weighted by molar-refractivity contribution is 0.0422. The molecule has 40 heavy (non-hydrogen) atoms. The molecule has 4 aliphatic heterocycles. The molecular formula is C27H31F3N8O2. The van der Waals surface area contributed by atoms with Crippen LogP contribution in [0.3, 0.4) is 0 Å². The number of amides is 3. The van der Waals surface area contributed by atoms with E-state index in [9.17, 15) is 22.8 Å². The van der Waals surface area contributed by atoms with Gasteiger partial charge in [-0.2, -0.15) is 5.10 Å². The molecule has 4 aliphatic rings. The third-order valence-corrected chi connectivity index (χ3v) is 8.02. The number of piperazine rings is 1. The first kappa shape index (κ1) is 26.5. The zero-order valence-corrected chi connectivity index (χ0v) is 22.1. The summed E-state index contributed by atoms with van der Waals surface area (Å²) in [6.45, 7) is 5.71. The van der Waals surface area contributed by atoms with Crippen LogP contribution in [-0.2, 0) is 0 Å². The van der Waals surface area contributed by atoms with Crippen molar-refractivity contribution in [3.05, 3.63) is 53.1 Å². The normalized spacial score (nSPS) is 21.8. The fourth-order valence-corrected chi connectivity index (χ4v) is 5.88. The molecule has 3 fully saturated rings. The first-order valence-corrected chi connectivity index (χ1v) is 13.7. The van der Waals surface area contributed by atoms with Crippen LogP contribution >= 0.6 is 0 Å². The van der Waals surface area contributed by atoms with Crippen LogP contribution in [-0.4, -0.2) is 107 Å². The van der Waals surface area contributed by atoms with Crippen LogP contribution in [0.15, 0.2) is 29.5 Å². The Morgan fingerprint density at radius 2 is 1.60 bits per heavy atom. The summed E-state index contributed by atoms with van der Waals surface area (Å²) >= 11 is 0. The van der Waals surface area contributed by atoms with Crippen LogP contribution < -0.4 is 4.90 Å². The maximum atomic E-state index is 14.6. The number of likely N-dealkylation sites (tertiary alicyclic amines) is 2. The zero-order chi connectivity index (χ0) is 27.8. The summed E-state index contributed by atoms with van der Waals surface area (Å²) in [6.07, 6.45) is 5.37. The Morgan fingerprint density at radius 3 is 2.30 bits per heavy atom. The standard InChI is InChI=1S/C27H31F3N8O2/c28-20-11-19(12-21(29)13-20)23-3-4-32-38(23)27(40)36-9-7-35(8-10-36)26-31-14-22(30)24(33-26)25(39)37-16-18(17-37)15-34-5-1-2-6-34/h4,11-14,18,23H,1-3,5-10,15-17H2/t23-/m0/s1. The molecule has 6 rings (SSSR count). The molecule has 0 unspecified atom stereocenters. The van der Waals surface area contributed by atoms with Crippen molar-refractivity contribution in [2.24, 2.45) is 11.0 Å². The number of hydrazone groups is 1. The van der Waals surface area contributed by atoms with Gasteiger partial charge in [-0.1, -0.05) is 0 Å². The average Bonchev–Trinajstić information content (AvgIpc) is 3.62. The van der Waals surface area contributed by atoms with E-state index in [-0.39, 0.29) is 17.7 Å². The molecule has 10 nitrogen and oxygen atoms in total. The highest BCUT2D eigenvalue weighted by atomic mass is 19.1. The maximum Gasteiger partial charge on any atom is 0.341 e. The van der Waals surface area contributed by atoms with E-state index in [4.69, 9.17) is 0 Å². The van der Waals surface area contributed by atoms with Crippen molar-refractivity contribution in [1.29, 1.82) is 0 Å². The lowest BCUT2D eigenvalue weighted by Gasteiger charge is -2.41. The van der Waals surface area contributed by atoms with Gasteiger partial charge in [-0.3, -0.25) is 4.79 Å². The number of nitrogens with zero attached hydrogens (tertiary/aromatic N) is 8. The molecule has 0 radical (unpaired) electrons. The second-order valence-corrected chi connectivity index (χ2v) is 10.8. The Kier molecular flexibility index (Phi) is 7.30. The Balaban J connectivity index is 1.05. The second kappa shape index (κ2) is 11.0. The van der Waals surface area contributed by atoms with Crippen molar-refractivity contribution < 1.29 is 22.8 Å². The maximum absolute atomic E-state index is 14.6. The van der Waals surface area contributed by atoms with Gasteiger partial charge in [0.05, 0.1) is 12.2 Å². The van der Waals surface area contributed by atoms with E-state index < -0.39 is 29.4 Å². The van der Waals surface area contributed by atoms with Crippen LogP contribution in [0, 0.1) is 23.4 Å². The van der Waals surface area contributed by atoms with Crippen LogP contribution in [0.25, 0.3) is 0 Å². The number of hydrogen-bond acceptors (Lipinski definition) is 7. The number of benzene rings is 1. The number of carbonyl (C=O) groups is 2. The molecule has 0 bridgehead atoms. The molecule has 212 valence electrons. The lowest BCUT2D eigenvalue weighted by Crippen LogP contribution is -2.54. The molecule has 0 N–H and O–H groups in total. The molecule has 1 aromatic carbocycles. The molecule has 5 heterocycles. The lowest BCUT2D eigenvalue weighted by atomic mass is 9.99. The van der Waals surface area contributed by atoms with E-state index in [0.29, 0.717) is 57.2 Å².